The average Bonchev–Trinajstić information content (AvgIpc) is 3.16. The molecule has 2 aromatic heterocycles. The zero-order valence-electron chi connectivity index (χ0n) is 13.2. The summed E-state index contributed by atoms with van der Waals surface area (Å²) >= 11 is 0. The van der Waals surface area contributed by atoms with Gasteiger partial charge in [-0.3, -0.25) is 4.90 Å². The molecule has 0 aliphatic rings. The summed E-state index contributed by atoms with van der Waals surface area (Å²) in [6.07, 6.45) is 4.57. The number of aryl methyl sites for hydroxylation is 1. The van der Waals surface area contributed by atoms with Gasteiger partial charge in [0.1, 0.15) is 5.82 Å². The van der Waals surface area contributed by atoms with Gasteiger partial charge >= 0.3 is 0 Å². The van der Waals surface area contributed by atoms with E-state index in [1.807, 2.05) is 32.3 Å². The van der Waals surface area contributed by atoms with E-state index in [0.717, 1.165) is 30.0 Å². The predicted molar refractivity (Wildman–Crippen MR) is 84.6 cm³/mol. The van der Waals surface area contributed by atoms with Crippen LogP contribution in [0.5, 0.6) is 0 Å². The second kappa shape index (κ2) is 6.75. The average molecular weight is 314 g/mol. The Hall–Kier alpha value is -2.47. The molecule has 0 atom stereocenters. The summed E-state index contributed by atoms with van der Waals surface area (Å²) in [5, 5.41) is 8.29. The monoisotopic (exact) mass is 314 g/mol. The molecule has 1 aromatic carbocycles. The first-order chi connectivity index (χ1) is 11.1. The fourth-order valence-corrected chi connectivity index (χ4v) is 2.43. The molecular formula is C17H19FN4O. The van der Waals surface area contributed by atoms with E-state index in [1.165, 1.54) is 12.1 Å². The topological polar surface area (TPSA) is 47.1 Å². The van der Waals surface area contributed by atoms with Crippen molar-refractivity contribution in [2.45, 2.75) is 26.4 Å². The van der Waals surface area contributed by atoms with Crippen molar-refractivity contribution < 1.29 is 8.91 Å². The highest BCUT2D eigenvalue weighted by Crippen LogP contribution is 2.13. The third kappa shape index (κ3) is 3.84. The molecule has 0 aliphatic carbocycles. The van der Waals surface area contributed by atoms with Gasteiger partial charge in [0.2, 0.25) is 0 Å². The standard InChI is InChI=1S/C17H19FN4O/c1-3-15-8-17(23-20-15)12-21(2)10-13-9-19-22(11-13)16-6-4-5-14(18)7-16/h4-9,11H,3,10,12H2,1-2H3. The van der Waals surface area contributed by atoms with Crippen molar-refractivity contribution in [1.82, 2.24) is 19.8 Å². The van der Waals surface area contributed by atoms with E-state index in [2.05, 4.69) is 15.2 Å². The summed E-state index contributed by atoms with van der Waals surface area (Å²) in [7, 11) is 2.01. The van der Waals surface area contributed by atoms with Gasteiger partial charge < -0.3 is 4.52 Å². The minimum atomic E-state index is -0.270. The predicted octanol–water partition coefficient (Wildman–Crippen LogP) is 3.19. The number of hydrogen-bond acceptors (Lipinski definition) is 4. The first kappa shape index (κ1) is 15.4. The number of nitrogens with zero attached hydrogens (tertiary/aromatic N) is 4. The van der Waals surface area contributed by atoms with Gasteiger partial charge in [0.25, 0.3) is 0 Å². The van der Waals surface area contributed by atoms with Crippen LogP contribution in [0.2, 0.25) is 0 Å². The normalized spacial score (nSPS) is 11.3. The molecule has 2 heterocycles. The maximum absolute atomic E-state index is 13.3. The molecule has 0 N–H and O–H groups in total. The molecule has 0 bridgehead atoms. The number of hydrogen-bond donors (Lipinski definition) is 0. The molecule has 0 radical (unpaired) electrons. The highest BCUT2D eigenvalue weighted by molar-refractivity contribution is 5.31. The second-order valence-corrected chi connectivity index (χ2v) is 5.58. The maximum Gasteiger partial charge on any atom is 0.150 e. The van der Waals surface area contributed by atoms with Gasteiger partial charge in [0.05, 0.1) is 24.1 Å². The summed E-state index contributed by atoms with van der Waals surface area (Å²) in [6, 6.07) is 8.36. The second-order valence-electron chi connectivity index (χ2n) is 5.58. The molecule has 0 fully saturated rings. The van der Waals surface area contributed by atoms with Crippen molar-refractivity contribution in [1.29, 1.82) is 0 Å². The maximum atomic E-state index is 13.3. The van der Waals surface area contributed by atoms with Crippen LogP contribution in [0.4, 0.5) is 4.39 Å². The Morgan fingerprint density at radius 1 is 1.26 bits per heavy atom. The van der Waals surface area contributed by atoms with Crippen molar-refractivity contribution in [2.24, 2.45) is 0 Å². The van der Waals surface area contributed by atoms with E-state index >= 15 is 0 Å². The van der Waals surface area contributed by atoms with Crippen LogP contribution in [-0.2, 0) is 19.5 Å². The third-order valence-corrected chi connectivity index (χ3v) is 3.56. The molecule has 0 amide bonds. The molecule has 0 unspecified atom stereocenters. The lowest BCUT2D eigenvalue weighted by Crippen LogP contribution is -2.16. The van der Waals surface area contributed by atoms with Gasteiger partial charge in [-0.1, -0.05) is 18.1 Å². The molecule has 0 saturated carbocycles. The Kier molecular flexibility index (Phi) is 4.52. The molecule has 120 valence electrons. The van der Waals surface area contributed by atoms with E-state index in [4.69, 9.17) is 4.52 Å². The first-order valence-corrected chi connectivity index (χ1v) is 7.56. The number of benzene rings is 1. The SMILES string of the molecule is CCc1cc(CN(C)Cc2cnn(-c3cccc(F)c3)c2)on1. The van der Waals surface area contributed by atoms with Crippen molar-refractivity contribution in [2.75, 3.05) is 7.05 Å². The molecular weight excluding hydrogens is 295 g/mol. The van der Waals surface area contributed by atoms with E-state index in [9.17, 15) is 4.39 Å². The Labute approximate surface area is 134 Å². The van der Waals surface area contributed by atoms with E-state index < -0.39 is 0 Å². The Morgan fingerprint density at radius 3 is 2.87 bits per heavy atom. The molecule has 5 nitrogen and oxygen atoms in total. The molecule has 3 aromatic rings. The van der Waals surface area contributed by atoms with Crippen LogP contribution in [0.3, 0.4) is 0 Å². The highest BCUT2D eigenvalue weighted by Gasteiger charge is 2.09. The van der Waals surface area contributed by atoms with Crippen molar-refractivity contribution in [3.63, 3.8) is 0 Å². The smallest absolute Gasteiger partial charge is 0.150 e. The lowest BCUT2D eigenvalue weighted by molar-refractivity contribution is 0.266. The van der Waals surface area contributed by atoms with Crippen LogP contribution in [-0.4, -0.2) is 26.9 Å². The van der Waals surface area contributed by atoms with Crippen molar-refractivity contribution in [3.05, 3.63) is 65.6 Å². The summed E-state index contributed by atoms with van der Waals surface area (Å²) in [5.74, 6) is 0.579. The molecule has 0 spiro atoms. The van der Waals surface area contributed by atoms with Crippen molar-refractivity contribution >= 4 is 0 Å². The molecule has 23 heavy (non-hydrogen) atoms. The summed E-state index contributed by atoms with van der Waals surface area (Å²) < 4.78 is 20.3. The molecule has 0 saturated heterocycles. The lowest BCUT2D eigenvalue weighted by Gasteiger charge is -2.12. The zero-order chi connectivity index (χ0) is 16.2. The van der Waals surface area contributed by atoms with Crippen LogP contribution >= 0.6 is 0 Å². The summed E-state index contributed by atoms with van der Waals surface area (Å²) in [6.45, 7) is 3.45. The summed E-state index contributed by atoms with van der Waals surface area (Å²) in [5.41, 5.74) is 2.72. The third-order valence-electron chi connectivity index (χ3n) is 3.56. The van der Waals surface area contributed by atoms with Gasteiger partial charge in [0, 0.05) is 24.4 Å². The highest BCUT2D eigenvalue weighted by atomic mass is 19.1. The van der Waals surface area contributed by atoms with Gasteiger partial charge in [-0.2, -0.15) is 5.10 Å². The number of halogens is 1. The minimum absolute atomic E-state index is 0.270. The minimum Gasteiger partial charge on any atom is -0.360 e. The Morgan fingerprint density at radius 2 is 2.13 bits per heavy atom. The van der Waals surface area contributed by atoms with Crippen LogP contribution in [0.1, 0.15) is 23.9 Å². The van der Waals surface area contributed by atoms with E-state index in [-0.39, 0.29) is 5.82 Å². The van der Waals surface area contributed by atoms with Crippen molar-refractivity contribution in [3.8, 4) is 5.69 Å². The van der Waals surface area contributed by atoms with Crippen LogP contribution in [0.25, 0.3) is 5.69 Å². The Bertz CT molecular complexity index is 780. The zero-order valence-corrected chi connectivity index (χ0v) is 13.2. The molecule has 6 heteroatoms. The first-order valence-electron chi connectivity index (χ1n) is 7.56. The van der Waals surface area contributed by atoms with Gasteiger partial charge in [-0.25, -0.2) is 9.07 Å². The lowest BCUT2D eigenvalue weighted by atomic mass is 10.3. The molecule has 3 rings (SSSR count). The van der Waals surface area contributed by atoms with Gasteiger partial charge in [-0.05, 0) is 31.7 Å². The van der Waals surface area contributed by atoms with E-state index in [0.29, 0.717) is 12.2 Å². The number of rotatable bonds is 6. The van der Waals surface area contributed by atoms with Crippen LogP contribution < -0.4 is 0 Å². The van der Waals surface area contributed by atoms with Gasteiger partial charge in [-0.15, -0.1) is 0 Å². The quantitative estimate of drug-likeness (QED) is 0.701. The molecule has 0 aliphatic heterocycles. The fourth-order valence-electron chi connectivity index (χ4n) is 2.43. The van der Waals surface area contributed by atoms with Crippen LogP contribution in [0.15, 0.2) is 47.2 Å². The fraction of sp³-hybridized carbons (Fsp3) is 0.294. The van der Waals surface area contributed by atoms with E-state index in [1.54, 1.807) is 16.9 Å². The number of aromatic nitrogens is 3. The Balaban J connectivity index is 1.64. The summed E-state index contributed by atoms with van der Waals surface area (Å²) in [4.78, 5) is 2.12. The van der Waals surface area contributed by atoms with Gasteiger partial charge in [0.15, 0.2) is 5.76 Å². The largest absolute Gasteiger partial charge is 0.360 e. The van der Waals surface area contributed by atoms with Crippen LogP contribution in [0, 0.1) is 5.82 Å².